The van der Waals surface area contributed by atoms with E-state index in [0.717, 1.165) is 16.1 Å². The Hall–Kier alpha value is -0.731. The molecule has 10 saturated heterocycles. The SMILES string of the molecule is O=C(c1ccccc1)C(F)(F)CC[C]12[CH]3[CH]4[CH]5[CH]1[Fe]45321678[CH]2[CH]1[CH]6[CH]7[CH]28. The standard InChI is InChI=1S/C15H13F2O.C5H5.Fe/c16-15(17,11-10-12-6-4-5-7-12)14(18)13-8-2-1-3-9-13;1-2-4-5-3-1;/h1-9H,10-11H2;1-5H;. The number of Topliss-reactive ketones (excluding diaryl/α,β-unsaturated/α-hetero) is 1. The molecule has 4 unspecified atom stereocenters. The Labute approximate surface area is 128 Å². The van der Waals surface area contributed by atoms with E-state index >= 15 is 0 Å². The minimum absolute atomic E-state index is 0.162. The van der Waals surface area contributed by atoms with Crippen LogP contribution in [0.3, 0.4) is 0 Å². The zero-order valence-electron chi connectivity index (χ0n) is 13.0. The molecule has 0 radical (unpaired) electrons. The van der Waals surface area contributed by atoms with Gasteiger partial charge in [-0.25, -0.2) is 0 Å². The van der Waals surface area contributed by atoms with Crippen molar-refractivity contribution in [1.29, 1.82) is 0 Å². The van der Waals surface area contributed by atoms with Crippen LogP contribution in [0.5, 0.6) is 0 Å². The van der Waals surface area contributed by atoms with Crippen molar-refractivity contribution in [3.8, 4) is 0 Å². The number of carbonyl (C=O) groups is 1. The monoisotopic (exact) mass is 368 g/mol. The molecule has 10 aliphatic heterocycles. The van der Waals surface area contributed by atoms with E-state index in [0.29, 0.717) is 4.31 Å². The molecule has 0 aromatic heterocycles. The molecular weight excluding hydrogens is 350 g/mol. The van der Waals surface area contributed by atoms with Gasteiger partial charge in [0.1, 0.15) is 0 Å². The van der Waals surface area contributed by atoms with Crippen molar-refractivity contribution >= 4 is 5.78 Å². The Morgan fingerprint density at radius 1 is 0.958 bits per heavy atom. The van der Waals surface area contributed by atoms with E-state index in [1.807, 2.05) is 0 Å². The Kier molecular flexibility index (Phi) is 0.472. The fraction of sp³-hybridized carbons (Fsp3) is 0.650. The topological polar surface area (TPSA) is 17.1 Å². The van der Waals surface area contributed by atoms with Gasteiger partial charge in [0.25, 0.3) is 0 Å². The van der Waals surface area contributed by atoms with E-state index < -0.39 is 18.2 Å². The zero-order chi connectivity index (χ0) is 15.6. The predicted molar refractivity (Wildman–Crippen MR) is 81.4 cm³/mol. The molecule has 10 aliphatic rings. The fourth-order valence-corrected chi connectivity index (χ4v) is 93.9. The number of fused-ring (bicyclic) bond motifs is 10. The third-order valence-electron chi connectivity index (χ3n) is 17.2. The number of carbonyl (C=O) groups excluding carboxylic acids is 1. The second kappa shape index (κ2) is 1.09. The van der Waals surface area contributed by atoms with Crippen LogP contribution in [0.15, 0.2) is 30.3 Å². The molecule has 11 rings (SSSR count). The number of halogens is 2. The average Bonchev–Trinajstić information content (AvgIpc) is 3.53. The van der Waals surface area contributed by atoms with E-state index in [2.05, 4.69) is 0 Å². The molecule has 0 amide bonds. The average molecular weight is 368 g/mol. The van der Waals surface area contributed by atoms with Crippen LogP contribution in [-0.2, 0) is 6.51 Å². The van der Waals surface area contributed by atoms with Gasteiger partial charge in [0, 0.05) is 0 Å². The molecular formula is C20H18F2FeO. The van der Waals surface area contributed by atoms with Crippen molar-refractivity contribution in [2.45, 2.75) is 66.4 Å². The summed E-state index contributed by atoms with van der Waals surface area (Å²) in [4.78, 5) is 22.6. The van der Waals surface area contributed by atoms with E-state index in [1.165, 1.54) is 45.8 Å². The summed E-state index contributed by atoms with van der Waals surface area (Å²) in [5.41, 5.74) is 0.174. The quantitative estimate of drug-likeness (QED) is 0.457. The Bertz CT molecular complexity index is 1250. The summed E-state index contributed by atoms with van der Waals surface area (Å²) in [7, 11) is 0. The first-order valence-corrected chi connectivity index (χ1v) is 15.7. The van der Waals surface area contributed by atoms with Gasteiger partial charge in [0.05, 0.1) is 0 Å². The molecule has 10 heterocycles. The van der Waals surface area contributed by atoms with E-state index in [9.17, 15) is 13.6 Å². The van der Waals surface area contributed by atoms with Crippen molar-refractivity contribution in [1.82, 2.24) is 0 Å². The molecule has 1 spiro atoms. The maximum absolute atomic E-state index is 14.7. The van der Waals surface area contributed by atoms with Gasteiger partial charge in [0.15, 0.2) is 0 Å². The molecule has 1 aromatic carbocycles. The first-order chi connectivity index (χ1) is 11.3. The van der Waals surface area contributed by atoms with E-state index in [4.69, 9.17) is 0 Å². The van der Waals surface area contributed by atoms with Crippen LogP contribution in [0.1, 0.15) is 23.2 Å². The molecule has 0 N–H and O–H groups in total. The normalized spacial score (nSPS) is 88.3. The summed E-state index contributed by atoms with van der Waals surface area (Å²) in [6.45, 7) is -3.25. The minimum atomic E-state index is -3.25. The molecule has 24 heavy (non-hydrogen) atoms. The summed E-state index contributed by atoms with van der Waals surface area (Å²) >= 11 is 0. The second-order valence-electron chi connectivity index (χ2n) is 12.7. The van der Waals surface area contributed by atoms with Crippen molar-refractivity contribution in [2.24, 2.45) is 0 Å². The number of alkyl halides is 2. The van der Waals surface area contributed by atoms with Crippen molar-refractivity contribution < 1.29 is 20.1 Å². The molecule has 10 fully saturated rings. The number of benzene rings is 1. The number of hydrogen-bond donors (Lipinski definition) is 0. The zero-order valence-corrected chi connectivity index (χ0v) is 14.1. The molecule has 126 valence electrons. The van der Waals surface area contributed by atoms with Crippen molar-refractivity contribution in [3.63, 3.8) is 0 Å². The van der Waals surface area contributed by atoms with Gasteiger partial charge in [-0.2, -0.15) is 0 Å². The summed E-state index contributed by atoms with van der Waals surface area (Å²) in [5.74, 6) is -4.11. The fourth-order valence-electron chi connectivity index (χ4n) is 18.6. The molecule has 4 atom stereocenters. The molecule has 0 bridgehead atoms. The van der Waals surface area contributed by atoms with Gasteiger partial charge in [-0.15, -0.1) is 0 Å². The molecule has 1 aromatic rings. The first-order valence-electron chi connectivity index (χ1n) is 9.46. The first kappa shape index (κ1) is 10.4. The summed E-state index contributed by atoms with van der Waals surface area (Å²) in [6, 6.07) is 8.17. The van der Waals surface area contributed by atoms with Gasteiger partial charge < -0.3 is 0 Å². The van der Waals surface area contributed by atoms with Gasteiger partial charge in [-0.3, -0.25) is 0 Å². The molecule has 0 aliphatic carbocycles. The van der Waals surface area contributed by atoms with Gasteiger partial charge in [-0.1, -0.05) is 0 Å². The molecule has 1 nitrogen and oxygen atoms in total. The van der Waals surface area contributed by atoms with Gasteiger partial charge in [-0.05, 0) is 0 Å². The summed E-state index contributed by atoms with van der Waals surface area (Å²) < 4.78 is 29.9. The predicted octanol–water partition coefficient (Wildman–Crippen LogP) is 6.04. The molecule has 4 heteroatoms. The Morgan fingerprint density at radius 2 is 1.50 bits per heavy atom. The van der Waals surface area contributed by atoms with Gasteiger partial charge >= 0.3 is 128 Å². The van der Waals surface area contributed by atoms with Crippen LogP contribution >= 0.6 is 0 Å². The molecule has 0 saturated carbocycles. The number of rotatable bonds is 5. The van der Waals surface area contributed by atoms with Crippen molar-refractivity contribution in [2.75, 3.05) is 0 Å². The maximum atomic E-state index is 14.7. The van der Waals surface area contributed by atoms with Crippen LogP contribution in [0, 0.1) is 0 Å². The third kappa shape index (κ3) is 0.155. The summed E-state index contributed by atoms with van der Waals surface area (Å²) in [5, 5.41) is 0. The van der Waals surface area contributed by atoms with Gasteiger partial charge in [0.2, 0.25) is 0 Å². The van der Waals surface area contributed by atoms with Crippen LogP contribution in [-0.4, -0.2) is 11.7 Å². The third-order valence-corrected chi connectivity index (χ3v) is 60.2. The summed E-state index contributed by atoms with van der Waals surface area (Å²) in [6.07, 6.45) is 0.566. The Morgan fingerprint density at radius 3 is 1.92 bits per heavy atom. The van der Waals surface area contributed by atoms with Crippen LogP contribution < -0.4 is 0 Å². The van der Waals surface area contributed by atoms with Crippen LogP contribution in [0.2, 0.25) is 47.7 Å². The number of ketones is 1. The van der Waals surface area contributed by atoms with Crippen LogP contribution in [0.25, 0.3) is 0 Å². The van der Waals surface area contributed by atoms with Crippen molar-refractivity contribution in [3.05, 3.63) is 35.9 Å². The Balaban J connectivity index is 1.05. The van der Waals surface area contributed by atoms with Crippen LogP contribution in [0.4, 0.5) is 8.78 Å². The van der Waals surface area contributed by atoms with E-state index in [1.54, 1.807) is 18.2 Å². The second-order valence-corrected chi connectivity index (χ2v) is 36.4. The van der Waals surface area contributed by atoms with E-state index in [-0.39, 0.29) is 12.0 Å². The number of hydrogen-bond acceptors (Lipinski definition) is 1.